The molecule has 6 nitrogen and oxygen atoms in total. The Bertz CT molecular complexity index is 835. The quantitative estimate of drug-likeness (QED) is 0.825. The van der Waals surface area contributed by atoms with Crippen LogP contribution in [0.15, 0.2) is 18.2 Å². The standard InChI is InChI=1S/C22H31N5O/c1-3-26-14-13-19-17(15-26)9-8-12-20(19)27-16(2)21(24-25-27)22(28)23-18-10-6-4-5-7-11-18/h8-9,12,18H,3-7,10-11,13-15H2,1-2H3,(H,23,28). The van der Waals surface area contributed by atoms with Crippen LogP contribution in [0.4, 0.5) is 0 Å². The molecule has 4 rings (SSSR count). The number of aromatic nitrogens is 3. The van der Waals surface area contributed by atoms with Crippen molar-refractivity contribution in [1.82, 2.24) is 25.2 Å². The summed E-state index contributed by atoms with van der Waals surface area (Å²) in [6.45, 7) is 7.25. The van der Waals surface area contributed by atoms with Crippen LogP contribution in [0.5, 0.6) is 0 Å². The SMILES string of the molecule is CCN1CCc2c(cccc2-n2nnc(C(=O)NC3CCCCCC3)c2C)C1. The molecule has 1 aromatic carbocycles. The summed E-state index contributed by atoms with van der Waals surface area (Å²) in [4.78, 5) is 15.3. The maximum Gasteiger partial charge on any atom is 0.273 e. The molecule has 1 fully saturated rings. The number of nitrogens with one attached hydrogen (secondary N) is 1. The molecule has 1 aliphatic heterocycles. The average molecular weight is 382 g/mol. The number of amides is 1. The van der Waals surface area contributed by atoms with Gasteiger partial charge in [0.05, 0.1) is 11.4 Å². The van der Waals surface area contributed by atoms with Crippen molar-refractivity contribution < 1.29 is 4.79 Å². The van der Waals surface area contributed by atoms with E-state index >= 15 is 0 Å². The first-order valence-electron chi connectivity index (χ1n) is 10.7. The van der Waals surface area contributed by atoms with E-state index in [4.69, 9.17) is 0 Å². The van der Waals surface area contributed by atoms with Crippen molar-refractivity contribution in [1.29, 1.82) is 0 Å². The predicted octanol–water partition coefficient (Wildman–Crippen LogP) is 3.41. The molecule has 2 heterocycles. The van der Waals surface area contributed by atoms with Crippen LogP contribution < -0.4 is 5.32 Å². The van der Waals surface area contributed by atoms with Crippen molar-refractivity contribution in [3.63, 3.8) is 0 Å². The molecule has 1 N–H and O–H groups in total. The summed E-state index contributed by atoms with van der Waals surface area (Å²) in [7, 11) is 0. The van der Waals surface area contributed by atoms with Crippen LogP contribution in [-0.4, -0.2) is 44.9 Å². The van der Waals surface area contributed by atoms with Gasteiger partial charge in [-0.05, 0) is 49.9 Å². The first-order valence-corrected chi connectivity index (χ1v) is 10.7. The molecule has 2 aliphatic rings. The minimum absolute atomic E-state index is 0.0855. The Morgan fingerprint density at radius 2 is 2.00 bits per heavy atom. The van der Waals surface area contributed by atoms with Crippen molar-refractivity contribution in [2.45, 2.75) is 71.4 Å². The molecule has 0 spiro atoms. The van der Waals surface area contributed by atoms with E-state index in [0.29, 0.717) is 5.69 Å². The molecule has 28 heavy (non-hydrogen) atoms. The van der Waals surface area contributed by atoms with E-state index in [9.17, 15) is 4.79 Å². The van der Waals surface area contributed by atoms with Gasteiger partial charge in [-0.3, -0.25) is 9.69 Å². The monoisotopic (exact) mass is 381 g/mol. The van der Waals surface area contributed by atoms with Crippen molar-refractivity contribution in [2.24, 2.45) is 0 Å². The predicted molar refractivity (Wildman–Crippen MR) is 110 cm³/mol. The summed E-state index contributed by atoms with van der Waals surface area (Å²) in [5.41, 5.74) is 5.01. The van der Waals surface area contributed by atoms with Crippen LogP contribution in [0, 0.1) is 6.92 Å². The number of benzene rings is 1. The Hall–Kier alpha value is -2.21. The fourth-order valence-corrected chi connectivity index (χ4v) is 4.56. The molecule has 0 saturated heterocycles. The van der Waals surface area contributed by atoms with E-state index < -0.39 is 0 Å². The summed E-state index contributed by atoms with van der Waals surface area (Å²) in [5.74, 6) is -0.0855. The van der Waals surface area contributed by atoms with Crippen molar-refractivity contribution in [3.05, 3.63) is 40.7 Å². The zero-order valence-corrected chi connectivity index (χ0v) is 17.1. The van der Waals surface area contributed by atoms with Gasteiger partial charge >= 0.3 is 0 Å². The summed E-state index contributed by atoms with van der Waals surface area (Å²) in [6.07, 6.45) is 8.08. The van der Waals surface area contributed by atoms with Gasteiger partial charge in [-0.2, -0.15) is 0 Å². The first-order chi connectivity index (χ1) is 13.7. The highest BCUT2D eigenvalue weighted by molar-refractivity contribution is 5.93. The molecule has 6 heteroatoms. The lowest BCUT2D eigenvalue weighted by molar-refractivity contribution is 0.0927. The molecule has 0 atom stereocenters. The van der Waals surface area contributed by atoms with Gasteiger partial charge < -0.3 is 5.32 Å². The lowest BCUT2D eigenvalue weighted by Crippen LogP contribution is -2.35. The van der Waals surface area contributed by atoms with Crippen LogP contribution in [0.1, 0.15) is 72.8 Å². The van der Waals surface area contributed by atoms with E-state index in [0.717, 1.165) is 50.3 Å². The molecule has 0 radical (unpaired) electrons. The van der Waals surface area contributed by atoms with Crippen LogP contribution in [0.25, 0.3) is 5.69 Å². The molecule has 1 amide bonds. The Morgan fingerprint density at radius 3 is 2.75 bits per heavy atom. The minimum Gasteiger partial charge on any atom is -0.348 e. The molecule has 150 valence electrons. The lowest BCUT2D eigenvalue weighted by Gasteiger charge is -2.29. The summed E-state index contributed by atoms with van der Waals surface area (Å²) < 4.78 is 1.85. The molecule has 0 unspecified atom stereocenters. The zero-order chi connectivity index (χ0) is 19.5. The lowest BCUT2D eigenvalue weighted by atomic mass is 9.97. The maximum atomic E-state index is 12.8. The fraction of sp³-hybridized carbons (Fsp3) is 0.591. The summed E-state index contributed by atoms with van der Waals surface area (Å²) in [6, 6.07) is 6.64. The third-order valence-electron chi connectivity index (χ3n) is 6.30. The van der Waals surface area contributed by atoms with Gasteiger partial charge in [0.1, 0.15) is 0 Å². The van der Waals surface area contributed by atoms with Gasteiger partial charge in [-0.1, -0.05) is 50.0 Å². The number of nitrogens with zero attached hydrogens (tertiary/aromatic N) is 4. The summed E-state index contributed by atoms with van der Waals surface area (Å²) in [5, 5.41) is 11.8. The zero-order valence-electron chi connectivity index (χ0n) is 17.1. The number of rotatable bonds is 4. The highest BCUT2D eigenvalue weighted by Crippen LogP contribution is 2.26. The van der Waals surface area contributed by atoms with Crippen LogP contribution >= 0.6 is 0 Å². The number of carbonyl (C=O) groups is 1. The fourth-order valence-electron chi connectivity index (χ4n) is 4.56. The smallest absolute Gasteiger partial charge is 0.273 e. The number of hydrogen-bond acceptors (Lipinski definition) is 4. The van der Waals surface area contributed by atoms with Crippen LogP contribution in [-0.2, 0) is 13.0 Å². The normalized spacial score (nSPS) is 18.5. The molecular weight excluding hydrogens is 350 g/mol. The molecular formula is C22H31N5O. The van der Waals surface area contributed by atoms with Gasteiger partial charge in [0.15, 0.2) is 5.69 Å². The minimum atomic E-state index is -0.0855. The largest absolute Gasteiger partial charge is 0.348 e. The summed E-state index contributed by atoms with van der Waals surface area (Å²) >= 11 is 0. The average Bonchev–Trinajstić information content (AvgIpc) is 2.92. The Morgan fingerprint density at radius 1 is 1.21 bits per heavy atom. The molecule has 2 aromatic rings. The van der Waals surface area contributed by atoms with Crippen molar-refractivity contribution in [2.75, 3.05) is 13.1 Å². The van der Waals surface area contributed by atoms with Crippen LogP contribution in [0.2, 0.25) is 0 Å². The number of hydrogen-bond donors (Lipinski definition) is 1. The Kier molecular flexibility index (Phi) is 5.76. The highest BCUT2D eigenvalue weighted by Gasteiger charge is 2.24. The maximum absolute atomic E-state index is 12.8. The third-order valence-corrected chi connectivity index (χ3v) is 6.30. The molecule has 1 saturated carbocycles. The number of likely N-dealkylation sites (N-methyl/N-ethyl adjacent to an activating group) is 1. The van der Waals surface area contributed by atoms with E-state index in [1.54, 1.807) is 0 Å². The van der Waals surface area contributed by atoms with Gasteiger partial charge in [-0.15, -0.1) is 5.10 Å². The molecule has 0 bridgehead atoms. The third kappa shape index (κ3) is 3.83. The van der Waals surface area contributed by atoms with Crippen molar-refractivity contribution in [3.8, 4) is 5.69 Å². The second kappa shape index (κ2) is 8.43. The number of fused-ring (bicyclic) bond motifs is 1. The van der Waals surface area contributed by atoms with Crippen LogP contribution in [0.3, 0.4) is 0 Å². The Labute approximate surface area is 167 Å². The number of carbonyl (C=O) groups excluding carboxylic acids is 1. The first kappa shape index (κ1) is 19.1. The van der Waals surface area contributed by atoms with Gasteiger partial charge in [0, 0.05) is 19.1 Å². The second-order valence-corrected chi connectivity index (χ2v) is 8.13. The molecule has 1 aromatic heterocycles. The second-order valence-electron chi connectivity index (χ2n) is 8.13. The van der Waals surface area contributed by atoms with Gasteiger partial charge in [0.2, 0.25) is 0 Å². The van der Waals surface area contributed by atoms with Gasteiger partial charge in [0.25, 0.3) is 5.91 Å². The molecule has 1 aliphatic carbocycles. The Balaban J connectivity index is 1.56. The van der Waals surface area contributed by atoms with Gasteiger partial charge in [-0.25, -0.2) is 4.68 Å². The topological polar surface area (TPSA) is 63.1 Å². The highest BCUT2D eigenvalue weighted by atomic mass is 16.2. The van der Waals surface area contributed by atoms with E-state index in [1.807, 2.05) is 11.6 Å². The van der Waals surface area contributed by atoms with E-state index in [1.165, 1.54) is 36.8 Å². The van der Waals surface area contributed by atoms with Crippen molar-refractivity contribution >= 4 is 5.91 Å². The van der Waals surface area contributed by atoms with E-state index in [2.05, 4.69) is 45.7 Å². The van der Waals surface area contributed by atoms with E-state index in [-0.39, 0.29) is 11.9 Å².